The summed E-state index contributed by atoms with van der Waals surface area (Å²) in [5.74, 6) is -0.689. The smallest absolute Gasteiger partial charge is 0.192 e. The second-order valence-corrected chi connectivity index (χ2v) is 15.9. The first-order valence-electron chi connectivity index (χ1n) is 11.8. The highest BCUT2D eigenvalue weighted by Gasteiger charge is 2.56. The van der Waals surface area contributed by atoms with Crippen molar-refractivity contribution >= 4 is 19.4 Å². The number of fused-ring (bicyclic) bond motifs is 2. The summed E-state index contributed by atoms with van der Waals surface area (Å²) in [6, 6.07) is 5.93. The van der Waals surface area contributed by atoms with Crippen LogP contribution >= 0.6 is 0 Å². The van der Waals surface area contributed by atoms with Crippen molar-refractivity contribution in [1.82, 2.24) is 19.5 Å². The zero-order valence-corrected chi connectivity index (χ0v) is 22.0. The maximum Gasteiger partial charge on any atom is 0.192 e. The van der Waals surface area contributed by atoms with Crippen LogP contribution in [0, 0.1) is 0 Å². The SMILES string of the molecule is CC1(C)O[C@@H]2[C@H](O1)[C@@H](CO[Si](C)(C)C(C)(C)C)O[C@H]2n1ccc2c(-c3cccnc3)ncnc21. The minimum Gasteiger partial charge on any atom is -0.414 e. The third-order valence-electron chi connectivity index (χ3n) is 7.26. The lowest BCUT2D eigenvalue weighted by atomic mass is 10.1. The average Bonchev–Trinajstić information content (AvgIpc) is 3.42. The van der Waals surface area contributed by atoms with E-state index in [1.165, 1.54) is 0 Å². The van der Waals surface area contributed by atoms with Gasteiger partial charge in [-0.05, 0) is 50.2 Å². The Morgan fingerprint density at radius 2 is 1.88 bits per heavy atom. The summed E-state index contributed by atoms with van der Waals surface area (Å²) in [4.78, 5) is 13.4. The molecule has 5 rings (SSSR count). The van der Waals surface area contributed by atoms with Crippen molar-refractivity contribution in [1.29, 1.82) is 0 Å². The zero-order valence-electron chi connectivity index (χ0n) is 21.0. The van der Waals surface area contributed by atoms with E-state index in [-0.39, 0.29) is 29.6 Å². The molecule has 182 valence electrons. The van der Waals surface area contributed by atoms with Crippen molar-refractivity contribution in [3.05, 3.63) is 43.1 Å². The summed E-state index contributed by atoms with van der Waals surface area (Å²) >= 11 is 0. The minimum atomic E-state index is -1.94. The molecule has 2 fully saturated rings. The van der Waals surface area contributed by atoms with Gasteiger partial charge in [-0.25, -0.2) is 9.97 Å². The molecule has 5 heterocycles. The lowest BCUT2D eigenvalue weighted by Gasteiger charge is -2.37. The van der Waals surface area contributed by atoms with Crippen LogP contribution < -0.4 is 0 Å². The molecule has 8 nitrogen and oxygen atoms in total. The molecule has 0 bridgehead atoms. The molecule has 0 unspecified atom stereocenters. The van der Waals surface area contributed by atoms with Crippen molar-refractivity contribution < 1.29 is 18.6 Å². The first kappa shape index (κ1) is 23.6. The predicted molar refractivity (Wildman–Crippen MR) is 132 cm³/mol. The Kier molecular flexibility index (Phi) is 5.68. The molecule has 4 atom stereocenters. The normalized spacial score (nSPS) is 26.8. The molecule has 0 amide bonds. The van der Waals surface area contributed by atoms with Crippen LogP contribution in [0.3, 0.4) is 0 Å². The van der Waals surface area contributed by atoms with Crippen LogP contribution in [0.15, 0.2) is 43.1 Å². The number of ether oxygens (including phenoxy) is 3. The summed E-state index contributed by atoms with van der Waals surface area (Å²) in [6.07, 6.45) is 6.04. The highest BCUT2D eigenvalue weighted by Crippen LogP contribution is 2.45. The molecule has 2 aliphatic rings. The van der Waals surface area contributed by atoms with Gasteiger partial charge >= 0.3 is 0 Å². The van der Waals surface area contributed by atoms with Gasteiger partial charge in [0.2, 0.25) is 0 Å². The maximum atomic E-state index is 6.57. The van der Waals surface area contributed by atoms with Crippen LogP contribution in [0.25, 0.3) is 22.3 Å². The first-order chi connectivity index (χ1) is 16.0. The molecule has 3 aromatic rings. The summed E-state index contributed by atoms with van der Waals surface area (Å²) in [7, 11) is -1.94. The van der Waals surface area contributed by atoms with Crippen molar-refractivity contribution in [3.63, 3.8) is 0 Å². The van der Waals surface area contributed by atoms with E-state index in [1.54, 1.807) is 12.5 Å². The third-order valence-corrected chi connectivity index (χ3v) is 11.8. The van der Waals surface area contributed by atoms with Crippen molar-refractivity contribution in [2.75, 3.05) is 6.61 Å². The fourth-order valence-electron chi connectivity index (χ4n) is 4.43. The molecule has 0 radical (unpaired) electrons. The number of rotatable bonds is 5. The van der Waals surface area contributed by atoms with Crippen molar-refractivity contribution in [2.45, 2.75) is 83.1 Å². The second-order valence-electron chi connectivity index (χ2n) is 11.1. The van der Waals surface area contributed by atoms with Gasteiger partial charge in [0.25, 0.3) is 0 Å². The largest absolute Gasteiger partial charge is 0.414 e. The standard InChI is InChI=1S/C25H34N4O4Si/c1-24(2,3)34(6,7)30-14-18-20-21(33-25(4,5)32-20)23(31-18)29-12-10-17-19(27-15-28-22(17)29)16-9-8-11-26-13-16/h8-13,15,18,20-21,23H,14H2,1-7H3/t18-,20-,21-,23-/m1/s1. The summed E-state index contributed by atoms with van der Waals surface area (Å²) < 4.78 is 27.8. The van der Waals surface area contributed by atoms with Crippen LogP contribution in [-0.2, 0) is 18.6 Å². The molecule has 0 aromatic carbocycles. The highest BCUT2D eigenvalue weighted by molar-refractivity contribution is 6.74. The van der Waals surface area contributed by atoms with E-state index in [1.807, 2.05) is 49.0 Å². The molecule has 2 aliphatic heterocycles. The van der Waals surface area contributed by atoms with Crippen LogP contribution in [0.2, 0.25) is 18.1 Å². The molecule has 0 spiro atoms. The Morgan fingerprint density at radius 1 is 1.12 bits per heavy atom. The van der Waals surface area contributed by atoms with Crippen LogP contribution in [0.4, 0.5) is 0 Å². The monoisotopic (exact) mass is 482 g/mol. The van der Waals surface area contributed by atoms with Gasteiger partial charge in [0.1, 0.15) is 30.3 Å². The summed E-state index contributed by atoms with van der Waals surface area (Å²) in [6.45, 7) is 15.6. The van der Waals surface area contributed by atoms with E-state index in [4.69, 9.17) is 18.6 Å². The summed E-state index contributed by atoms with van der Waals surface area (Å²) in [5.41, 5.74) is 2.57. The average molecular weight is 483 g/mol. The number of pyridine rings is 1. The second kappa shape index (κ2) is 8.20. The van der Waals surface area contributed by atoms with Gasteiger partial charge in [-0.1, -0.05) is 20.8 Å². The zero-order chi connectivity index (χ0) is 24.3. The van der Waals surface area contributed by atoms with E-state index < -0.39 is 14.1 Å². The Hall–Kier alpha value is -2.17. The topological polar surface area (TPSA) is 80.5 Å². The van der Waals surface area contributed by atoms with Crippen molar-refractivity contribution in [3.8, 4) is 11.3 Å². The molecule has 0 aliphatic carbocycles. The van der Waals surface area contributed by atoms with E-state index in [2.05, 4.69) is 48.8 Å². The van der Waals surface area contributed by atoms with Gasteiger partial charge in [-0.15, -0.1) is 0 Å². The van der Waals surface area contributed by atoms with Crippen LogP contribution in [-0.4, -0.2) is 58.5 Å². The number of hydrogen-bond acceptors (Lipinski definition) is 7. The minimum absolute atomic E-state index is 0.118. The van der Waals surface area contributed by atoms with Crippen LogP contribution in [0.1, 0.15) is 40.8 Å². The lowest BCUT2D eigenvalue weighted by Crippen LogP contribution is -2.44. The van der Waals surface area contributed by atoms with Crippen LogP contribution in [0.5, 0.6) is 0 Å². The number of aromatic nitrogens is 4. The number of hydrogen-bond donors (Lipinski definition) is 0. The van der Waals surface area contributed by atoms with E-state index in [9.17, 15) is 0 Å². The summed E-state index contributed by atoms with van der Waals surface area (Å²) in [5, 5.41) is 1.06. The number of nitrogens with zero attached hydrogens (tertiary/aromatic N) is 4. The Morgan fingerprint density at radius 3 is 2.59 bits per heavy atom. The third kappa shape index (κ3) is 4.09. The highest BCUT2D eigenvalue weighted by atomic mass is 28.4. The molecule has 0 saturated carbocycles. The van der Waals surface area contributed by atoms with Crippen molar-refractivity contribution in [2.24, 2.45) is 0 Å². The van der Waals surface area contributed by atoms with E-state index >= 15 is 0 Å². The fourth-order valence-corrected chi connectivity index (χ4v) is 5.45. The Bertz CT molecular complexity index is 1170. The van der Waals surface area contributed by atoms with Gasteiger partial charge in [-0.3, -0.25) is 4.98 Å². The first-order valence-corrected chi connectivity index (χ1v) is 14.7. The quantitative estimate of drug-likeness (QED) is 0.477. The maximum absolute atomic E-state index is 6.57. The lowest BCUT2D eigenvalue weighted by molar-refractivity contribution is -0.199. The van der Waals surface area contributed by atoms with Gasteiger partial charge in [0.05, 0.1) is 12.3 Å². The van der Waals surface area contributed by atoms with Gasteiger partial charge in [0.15, 0.2) is 20.3 Å². The molecule has 3 aromatic heterocycles. The molecule has 34 heavy (non-hydrogen) atoms. The van der Waals surface area contributed by atoms with Gasteiger partial charge in [0, 0.05) is 29.5 Å². The molecule has 2 saturated heterocycles. The van der Waals surface area contributed by atoms with Gasteiger partial charge < -0.3 is 23.2 Å². The molecular formula is C25H34N4O4Si. The van der Waals surface area contributed by atoms with E-state index in [0.29, 0.717) is 6.61 Å². The molecular weight excluding hydrogens is 448 g/mol. The molecule has 9 heteroatoms. The Labute approximate surface area is 201 Å². The fraction of sp³-hybridized carbons (Fsp3) is 0.560. The molecule has 0 N–H and O–H groups in total. The predicted octanol–water partition coefficient (Wildman–Crippen LogP) is 4.93. The Balaban J connectivity index is 1.47. The van der Waals surface area contributed by atoms with E-state index in [0.717, 1.165) is 22.3 Å². The van der Waals surface area contributed by atoms with Gasteiger partial charge in [-0.2, -0.15) is 0 Å².